The van der Waals surface area contributed by atoms with E-state index in [9.17, 15) is 23.3 Å². The number of sulfonamides is 1. The minimum atomic E-state index is -3.48. The molecule has 10 heteroatoms. The molecule has 9 nitrogen and oxygen atoms in total. The summed E-state index contributed by atoms with van der Waals surface area (Å²) < 4.78 is 26.7. The predicted molar refractivity (Wildman–Crippen MR) is 120 cm³/mol. The Kier molecular flexibility index (Phi) is 6.43. The van der Waals surface area contributed by atoms with E-state index in [1.54, 1.807) is 36.4 Å². The van der Waals surface area contributed by atoms with E-state index in [2.05, 4.69) is 5.32 Å². The molecular formula is C22H26N4O5S. The van der Waals surface area contributed by atoms with Gasteiger partial charge in [0.2, 0.25) is 10.0 Å². The zero-order valence-electron chi connectivity index (χ0n) is 17.7. The molecule has 0 saturated carbocycles. The van der Waals surface area contributed by atoms with Crippen molar-refractivity contribution >= 4 is 27.3 Å². The number of amides is 1. The highest BCUT2D eigenvalue weighted by Crippen LogP contribution is 2.31. The third kappa shape index (κ3) is 4.61. The fraction of sp³-hybridized carbons (Fsp3) is 0.409. The smallest absolute Gasteiger partial charge is 0.293 e. The van der Waals surface area contributed by atoms with Crippen molar-refractivity contribution in [2.24, 2.45) is 0 Å². The highest BCUT2D eigenvalue weighted by Gasteiger charge is 2.27. The number of anilines is 1. The van der Waals surface area contributed by atoms with Crippen LogP contribution in [0.3, 0.4) is 0 Å². The number of carbonyl (C=O) groups is 1. The van der Waals surface area contributed by atoms with Gasteiger partial charge >= 0.3 is 0 Å². The molecule has 0 aliphatic carbocycles. The lowest BCUT2D eigenvalue weighted by Crippen LogP contribution is -2.28. The minimum absolute atomic E-state index is 0.0731. The maximum absolute atomic E-state index is 12.6. The van der Waals surface area contributed by atoms with Crippen molar-refractivity contribution in [2.75, 3.05) is 31.1 Å². The van der Waals surface area contributed by atoms with Gasteiger partial charge in [0, 0.05) is 44.4 Å². The lowest BCUT2D eigenvalue weighted by molar-refractivity contribution is -0.384. The van der Waals surface area contributed by atoms with Crippen molar-refractivity contribution in [2.45, 2.75) is 37.1 Å². The molecule has 0 radical (unpaired) electrons. The molecule has 32 heavy (non-hydrogen) atoms. The van der Waals surface area contributed by atoms with Gasteiger partial charge < -0.3 is 10.2 Å². The van der Waals surface area contributed by atoms with Crippen molar-refractivity contribution < 1.29 is 18.1 Å². The molecule has 2 aliphatic heterocycles. The minimum Gasteiger partial charge on any atom is -0.366 e. The number of nitro groups is 1. The molecule has 0 spiro atoms. The van der Waals surface area contributed by atoms with Gasteiger partial charge in [-0.05, 0) is 55.5 Å². The molecule has 170 valence electrons. The average Bonchev–Trinajstić information content (AvgIpc) is 3.52. The topological polar surface area (TPSA) is 113 Å². The molecule has 1 amide bonds. The number of carbonyl (C=O) groups excluding carboxylic acids is 1. The van der Waals surface area contributed by atoms with Gasteiger partial charge in [-0.15, -0.1) is 0 Å². The molecule has 1 N–H and O–H groups in total. The van der Waals surface area contributed by atoms with E-state index in [4.69, 9.17) is 0 Å². The average molecular weight is 459 g/mol. The van der Waals surface area contributed by atoms with Crippen LogP contribution in [0.25, 0.3) is 0 Å². The summed E-state index contributed by atoms with van der Waals surface area (Å²) in [5, 5.41) is 14.3. The third-order valence-corrected chi connectivity index (χ3v) is 7.87. The van der Waals surface area contributed by atoms with Gasteiger partial charge in [0.05, 0.1) is 9.82 Å². The largest absolute Gasteiger partial charge is 0.366 e. The molecule has 2 aromatic rings. The number of hydrogen-bond acceptors (Lipinski definition) is 6. The van der Waals surface area contributed by atoms with Gasteiger partial charge in [-0.1, -0.05) is 12.1 Å². The monoisotopic (exact) mass is 458 g/mol. The predicted octanol–water partition coefficient (Wildman–Crippen LogP) is 2.91. The Bertz CT molecular complexity index is 1110. The molecule has 0 unspecified atom stereocenters. The van der Waals surface area contributed by atoms with E-state index in [-0.39, 0.29) is 22.7 Å². The third-order valence-electron chi connectivity index (χ3n) is 5.96. The van der Waals surface area contributed by atoms with Crippen LogP contribution in [0.5, 0.6) is 0 Å². The van der Waals surface area contributed by atoms with E-state index in [0.29, 0.717) is 18.8 Å². The van der Waals surface area contributed by atoms with Crippen molar-refractivity contribution in [1.82, 2.24) is 9.62 Å². The Labute approximate surface area is 187 Å². The van der Waals surface area contributed by atoms with Crippen LogP contribution in [0.2, 0.25) is 0 Å². The lowest BCUT2D eigenvalue weighted by atomic mass is 10.1. The van der Waals surface area contributed by atoms with E-state index < -0.39 is 20.9 Å². The molecule has 4 rings (SSSR count). The Morgan fingerprint density at radius 1 is 0.969 bits per heavy atom. The number of hydrogen-bond donors (Lipinski definition) is 1. The molecule has 2 saturated heterocycles. The number of nitrogens with zero attached hydrogens (tertiary/aromatic N) is 3. The molecule has 2 aromatic carbocycles. The molecular weight excluding hydrogens is 432 g/mol. The highest BCUT2D eigenvalue weighted by molar-refractivity contribution is 7.89. The molecule has 2 fully saturated rings. The van der Waals surface area contributed by atoms with Crippen molar-refractivity contribution in [1.29, 1.82) is 0 Å². The Hall–Kier alpha value is -2.98. The number of rotatable bonds is 7. The maximum atomic E-state index is 12.6. The Morgan fingerprint density at radius 2 is 1.59 bits per heavy atom. The summed E-state index contributed by atoms with van der Waals surface area (Å²) in [5.74, 6) is -0.421. The summed E-state index contributed by atoms with van der Waals surface area (Å²) in [6.45, 7) is 2.82. The van der Waals surface area contributed by atoms with Crippen LogP contribution in [0, 0.1) is 10.1 Å². The first-order valence-electron chi connectivity index (χ1n) is 10.8. The van der Waals surface area contributed by atoms with Gasteiger partial charge in [-0.25, -0.2) is 8.42 Å². The lowest BCUT2D eigenvalue weighted by Gasteiger charge is -2.18. The van der Waals surface area contributed by atoms with Gasteiger partial charge in [0.15, 0.2) is 0 Å². The van der Waals surface area contributed by atoms with E-state index in [1.807, 2.05) is 4.90 Å². The fourth-order valence-corrected chi connectivity index (χ4v) is 5.69. The summed E-state index contributed by atoms with van der Waals surface area (Å²) in [5.41, 5.74) is 1.42. The van der Waals surface area contributed by atoms with Crippen LogP contribution in [0.4, 0.5) is 11.4 Å². The van der Waals surface area contributed by atoms with Gasteiger partial charge in [-0.2, -0.15) is 4.31 Å². The molecule has 0 bridgehead atoms. The van der Waals surface area contributed by atoms with Gasteiger partial charge in [0.25, 0.3) is 11.6 Å². The zero-order chi connectivity index (χ0) is 22.7. The Balaban J connectivity index is 1.42. The SMILES string of the molecule is O=C(NCc1ccc(S(=O)(=O)N2CCCC2)cc1)c1ccc(N2CCCC2)c([N+](=O)[O-])c1. The maximum Gasteiger partial charge on any atom is 0.293 e. The van der Waals surface area contributed by atoms with Crippen LogP contribution in [-0.4, -0.2) is 49.7 Å². The Morgan fingerprint density at radius 3 is 2.22 bits per heavy atom. The quantitative estimate of drug-likeness (QED) is 0.504. The molecule has 0 aromatic heterocycles. The van der Waals surface area contributed by atoms with Gasteiger partial charge in [-0.3, -0.25) is 14.9 Å². The van der Waals surface area contributed by atoms with Crippen LogP contribution >= 0.6 is 0 Å². The second-order valence-electron chi connectivity index (χ2n) is 8.09. The summed E-state index contributed by atoms with van der Waals surface area (Å²) in [7, 11) is -3.48. The van der Waals surface area contributed by atoms with Crippen LogP contribution in [-0.2, 0) is 16.6 Å². The normalized spacial score (nSPS) is 16.9. The zero-order valence-corrected chi connectivity index (χ0v) is 18.5. The van der Waals surface area contributed by atoms with Crippen LogP contribution in [0.1, 0.15) is 41.6 Å². The second-order valence-corrected chi connectivity index (χ2v) is 10.0. The first-order valence-corrected chi connectivity index (χ1v) is 12.2. The van der Waals surface area contributed by atoms with Crippen LogP contribution in [0.15, 0.2) is 47.4 Å². The molecule has 2 aliphatic rings. The van der Waals surface area contributed by atoms with Crippen molar-refractivity contribution in [3.8, 4) is 0 Å². The first-order chi connectivity index (χ1) is 15.4. The standard InChI is InChI=1S/C22H26N4O5S/c27-22(18-7-10-20(21(15-18)26(28)29)24-11-1-2-12-24)23-16-17-5-8-19(9-6-17)32(30,31)25-13-3-4-14-25/h5-10,15H,1-4,11-14,16H2,(H,23,27). The summed E-state index contributed by atoms with van der Waals surface area (Å²) in [6.07, 6.45) is 3.75. The van der Waals surface area contributed by atoms with Crippen LogP contribution < -0.4 is 10.2 Å². The molecule has 2 heterocycles. The first kappa shape index (κ1) is 22.2. The number of nitro benzene ring substituents is 1. The fourth-order valence-electron chi connectivity index (χ4n) is 4.18. The van der Waals surface area contributed by atoms with E-state index in [1.165, 1.54) is 10.4 Å². The highest BCUT2D eigenvalue weighted by atomic mass is 32.2. The van der Waals surface area contributed by atoms with Crippen molar-refractivity contribution in [3.63, 3.8) is 0 Å². The van der Waals surface area contributed by atoms with Gasteiger partial charge in [0.1, 0.15) is 5.69 Å². The van der Waals surface area contributed by atoms with E-state index in [0.717, 1.165) is 44.3 Å². The number of benzene rings is 2. The molecule has 0 atom stereocenters. The summed E-state index contributed by atoms with van der Waals surface area (Å²) >= 11 is 0. The second kappa shape index (κ2) is 9.25. The number of nitrogens with one attached hydrogen (secondary N) is 1. The van der Waals surface area contributed by atoms with Crippen molar-refractivity contribution in [3.05, 3.63) is 63.7 Å². The summed E-state index contributed by atoms with van der Waals surface area (Å²) in [6, 6.07) is 11.0. The summed E-state index contributed by atoms with van der Waals surface area (Å²) in [4.78, 5) is 25.9. The van der Waals surface area contributed by atoms with E-state index >= 15 is 0 Å².